The molecule has 0 radical (unpaired) electrons. The standard InChI is InChI=1S/C26H24ClN3O3/c1-17-7-10-20(11-8-17)28-15-19-13-18-9-12-21(33-2)14-24(18)30(26(19)32)16-25(31)29-23-6-4-3-5-22(23)27/h3-14,28H,15-16H2,1-2H3,(H,29,31). The molecule has 0 fully saturated rings. The summed E-state index contributed by atoms with van der Waals surface area (Å²) in [6, 6.07) is 22.2. The summed E-state index contributed by atoms with van der Waals surface area (Å²) in [5.74, 6) is 0.255. The normalized spacial score (nSPS) is 10.8. The quantitative estimate of drug-likeness (QED) is 0.395. The van der Waals surface area contributed by atoms with Crippen molar-refractivity contribution in [1.82, 2.24) is 4.57 Å². The number of aryl methyl sites for hydroxylation is 1. The van der Waals surface area contributed by atoms with Gasteiger partial charge < -0.3 is 15.4 Å². The molecular weight excluding hydrogens is 438 g/mol. The van der Waals surface area contributed by atoms with Crippen molar-refractivity contribution in [2.45, 2.75) is 20.0 Å². The number of hydrogen-bond donors (Lipinski definition) is 2. The molecule has 3 aromatic carbocycles. The van der Waals surface area contributed by atoms with Crippen LogP contribution in [-0.2, 0) is 17.9 Å². The lowest BCUT2D eigenvalue weighted by Crippen LogP contribution is -2.30. The molecule has 0 unspecified atom stereocenters. The number of pyridine rings is 1. The van der Waals surface area contributed by atoms with Crippen molar-refractivity contribution in [1.29, 1.82) is 0 Å². The number of fused-ring (bicyclic) bond motifs is 1. The predicted octanol–water partition coefficient (Wildman–Crippen LogP) is 5.22. The second-order valence-electron chi connectivity index (χ2n) is 7.73. The van der Waals surface area contributed by atoms with E-state index in [9.17, 15) is 9.59 Å². The highest BCUT2D eigenvalue weighted by Gasteiger charge is 2.14. The van der Waals surface area contributed by atoms with Crippen LogP contribution in [0.2, 0.25) is 5.02 Å². The molecule has 0 aliphatic heterocycles. The maximum absolute atomic E-state index is 13.4. The van der Waals surface area contributed by atoms with E-state index in [0.717, 1.165) is 16.6 Å². The maximum Gasteiger partial charge on any atom is 0.256 e. The van der Waals surface area contributed by atoms with Crippen LogP contribution in [0.1, 0.15) is 11.1 Å². The Morgan fingerprint density at radius 3 is 2.52 bits per heavy atom. The molecule has 7 heteroatoms. The number of amides is 1. The van der Waals surface area contributed by atoms with Gasteiger partial charge in [-0.1, -0.05) is 41.4 Å². The van der Waals surface area contributed by atoms with Gasteiger partial charge in [0.1, 0.15) is 12.3 Å². The number of methoxy groups -OCH3 is 1. The van der Waals surface area contributed by atoms with E-state index in [1.165, 1.54) is 4.57 Å². The first-order valence-electron chi connectivity index (χ1n) is 10.5. The van der Waals surface area contributed by atoms with Crippen LogP contribution < -0.4 is 20.9 Å². The van der Waals surface area contributed by atoms with Gasteiger partial charge in [-0.3, -0.25) is 14.2 Å². The van der Waals surface area contributed by atoms with Crippen LogP contribution in [0.3, 0.4) is 0 Å². The average molecular weight is 462 g/mol. The van der Waals surface area contributed by atoms with Gasteiger partial charge >= 0.3 is 0 Å². The molecule has 168 valence electrons. The van der Waals surface area contributed by atoms with E-state index in [4.69, 9.17) is 16.3 Å². The van der Waals surface area contributed by atoms with Gasteiger partial charge in [0.05, 0.1) is 23.3 Å². The highest BCUT2D eigenvalue weighted by molar-refractivity contribution is 6.33. The minimum atomic E-state index is -0.349. The number of anilines is 2. The Hall–Kier alpha value is -3.77. The molecule has 1 amide bonds. The van der Waals surface area contributed by atoms with Crippen LogP contribution in [0.4, 0.5) is 11.4 Å². The van der Waals surface area contributed by atoms with Gasteiger partial charge in [-0.05, 0) is 54.8 Å². The molecule has 0 spiro atoms. The van der Waals surface area contributed by atoms with Crippen molar-refractivity contribution >= 4 is 39.8 Å². The molecule has 1 aromatic heterocycles. The molecule has 4 rings (SSSR count). The molecule has 0 aliphatic carbocycles. The van der Waals surface area contributed by atoms with Crippen molar-refractivity contribution in [2.24, 2.45) is 0 Å². The van der Waals surface area contributed by atoms with E-state index in [-0.39, 0.29) is 18.0 Å². The van der Waals surface area contributed by atoms with Crippen molar-refractivity contribution in [3.8, 4) is 5.75 Å². The Kier molecular flexibility index (Phi) is 6.66. The molecule has 0 saturated heterocycles. The van der Waals surface area contributed by atoms with Crippen molar-refractivity contribution in [3.63, 3.8) is 0 Å². The topological polar surface area (TPSA) is 72.4 Å². The number of carbonyl (C=O) groups excluding carboxylic acids is 1. The molecule has 33 heavy (non-hydrogen) atoms. The molecule has 6 nitrogen and oxygen atoms in total. The van der Waals surface area contributed by atoms with Gasteiger partial charge in [0.2, 0.25) is 5.91 Å². The second-order valence-corrected chi connectivity index (χ2v) is 8.14. The Balaban J connectivity index is 1.68. The van der Waals surface area contributed by atoms with E-state index in [1.54, 1.807) is 37.4 Å². The second kappa shape index (κ2) is 9.79. The Labute approximate surface area is 196 Å². The summed E-state index contributed by atoms with van der Waals surface area (Å²) in [6.07, 6.45) is 0. The number of hydrogen-bond acceptors (Lipinski definition) is 4. The van der Waals surface area contributed by atoms with E-state index in [2.05, 4.69) is 10.6 Å². The van der Waals surface area contributed by atoms with Crippen LogP contribution >= 0.6 is 11.6 Å². The third-order valence-electron chi connectivity index (χ3n) is 5.36. The first-order valence-corrected chi connectivity index (χ1v) is 10.9. The van der Waals surface area contributed by atoms with Crippen LogP contribution in [0, 0.1) is 6.92 Å². The Morgan fingerprint density at radius 2 is 1.79 bits per heavy atom. The maximum atomic E-state index is 13.4. The zero-order valence-corrected chi connectivity index (χ0v) is 19.1. The number of halogens is 1. The van der Waals surface area contributed by atoms with E-state index < -0.39 is 0 Å². The average Bonchev–Trinajstić information content (AvgIpc) is 2.82. The number of rotatable bonds is 7. The summed E-state index contributed by atoms with van der Waals surface area (Å²) in [6.45, 7) is 2.19. The van der Waals surface area contributed by atoms with Crippen molar-refractivity contribution in [3.05, 3.63) is 99.3 Å². The molecule has 0 saturated carbocycles. The Bertz CT molecular complexity index is 1360. The highest BCUT2D eigenvalue weighted by Crippen LogP contribution is 2.23. The number of benzene rings is 3. The summed E-state index contributed by atoms with van der Waals surface area (Å²) in [7, 11) is 1.56. The lowest BCUT2D eigenvalue weighted by atomic mass is 10.1. The fraction of sp³-hybridized carbons (Fsp3) is 0.154. The van der Waals surface area contributed by atoms with Crippen LogP contribution in [0.15, 0.2) is 77.6 Å². The largest absolute Gasteiger partial charge is 0.497 e. The predicted molar refractivity (Wildman–Crippen MR) is 133 cm³/mol. The zero-order chi connectivity index (χ0) is 23.4. The van der Waals surface area contributed by atoms with E-state index >= 15 is 0 Å². The first-order chi connectivity index (χ1) is 15.9. The summed E-state index contributed by atoms with van der Waals surface area (Å²) < 4.78 is 6.80. The van der Waals surface area contributed by atoms with E-state index in [1.807, 2.05) is 49.4 Å². The number of ether oxygens (including phenoxy) is 1. The van der Waals surface area contributed by atoms with Crippen LogP contribution in [0.25, 0.3) is 10.9 Å². The number of carbonyl (C=O) groups is 1. The SMILES string of the molecule is COc1ccc2cc(CNc3ccc(C)cc3)c(=O)n(CC(=O)Nc3ccccc3Cl)c2c1. The van der Waals surface area contributed by atoms with Crippen molar-refractivity contribution in [2.75, 3.05) is 17.7 Å². The molecule has 0 bridgehead atoms. The summed E-state index contributed by atoms with van der Waals surface area (Å²) in [4.78, 5) is 26.2. The number of nitrogens with zero attached hydrogens (tertiary/aromatic N) is 1. The van der Waals surface area contributed by atoms with Gasteiger partial charge in [0, 0.05) is 23.9 Å². The van der Waals surface area contributed by atoms with Gasteiger partial charge in [0.15, 0.2) is 0 Å². The van der Waals surface area contributed by atoms with Crippen molar-refractivity contribution < 1.29 is 9.53 Å². The fourth-order valence-electron chi connectivity index (χ4n) is 3.59. The van der Waals surface area contributed by atoms with Crippen LogP contribution in [-0.4, -0.2) is 17.6 Å². The third-order valence-corrected chi connectivity index (χ3v) is 5.69. The minimum absolute atomic E-state index is 0.161. The van der Waals surface area contributed by atoms with Crippen LogP contribution in [0.5, 0.6) is 5.75 Å². The zero-order valence-electron chi connectivity index (χ0n) is 18.4. The summed E-state index contributed by atoms with van der Waals surface area (Å²) >= 11 is 6.16. The summed E-state index contributed by atoms with van der Waals surface area (Å²) in [5, 5.41) is 7.34. The number of aromatic nitrogens is 1. The lowest BCUT2D eigenvalue weighted by Gasteiger charge is -2.15. The molecule has 0 atom stereocenters. The molecule has 2 N–H and O–H groups in total. The lowest BCUT2D eigenvalue weighted by molar-refractivity contribution is -0.116. The molecule has 4 aromatic rings. The third kappa shape index (κ3) is 5.18. The highest BCUT2D eigenvalue weighted by atomic mass is 35.5. The smallest absolute Gasteiger partial charge is 0.256 e. The first kappa shape index (κ1) is 22.4. The van der Waals surface area contributed by atoms with Gasteiger partial charge in [0.25, 0.3) is 5.56 Å². The number of nitrogens with one attached hydrogen (secondary N) is 2. The fourth-order valence-corrected chi connectivity index (χ4v) is 3.77. The monoisotopic (exact) mass is 461 g/mol. The van der Waals surface area contributed by atoms with E-state index in [0.29, 0.717) is 34.1 Å². The van der Waals surface area contributed by atoms with Gasteiger partial charge in [-0.2, -0.15) is 0 Å². The Morgan fingerprint density at radius 1 is 1.03 bits per heavy atom. The van der Waals surface area contributed by atoms with Gasteiger partial charge in [-0.25, -0.2) is 0 Å². The summed E-state index contributed by atoms with van der Waals surface area (Å²) in [5.41, 5.74) is 3.50. The molecular formula is C26H24ClN3O3. The number of para-hydroxylation sites is 1. The molecule has 1 heterocycles. The minimum Gasteiger partial charge on any atom is -0.497 e. The van der Waals surface area contributed by atoms with Gasteiger partial charge in [-0.15, -0.1) is 0 Å². The molecule has 0 aliphatic rings.